The Bertz CT molecular complexity index is 809. The summed E-state index contributed by atoms with van der Waals surface area (Å²) in [6, 6.07) is 14.8. The molecule has 1 atom stereocenters. The third-order valence-electron chi connectivity index (χ3n) is 4.48. The lowest BCUT2D eigenvalue weighted by molar-refractivity contribution is -0.129. The summed E-state index contributed by atoms with van der Waals surface area (Å²) in [5.74, 6) is -1.13. The Hall–Kier alpha value is -2.37. The molecule has 1 saturated heterocycles. The maximum Gasteiger partial charge on any atom is 0.239 e. The van der Waals surface area contributed by atoms with Gasteiger partial charge in [-0.15, -0.1) is 0 Å². The molecular formula is C20H22ClN3O2. The van der Waals surface area contributed by atoms with Crippen molar-refractivity contribution in [3.8, 4) is 0 Å². The highest BCUT2D eigenvalue weighted by Gasteiger charge is 2.37. The zero-order chi connectivity index (χ0) is 18.5. The second-order valence-corrected chi connectivity index (χ2v) is 6.67. The van der Waals surface area contributed by atoms with Crippen molar-refractivity contribution in [1.82, 2.24) is 5.32 Å². The lowest BCUT2D eigenvalue weighted by atomic mass is 10.1. The van der Waals surface area contributed by atoms with Crippen LogP contribution in [0.3, 0.4) is 0 Å². The number of hydrogen-bond donors (Lipinski definition) is 2. The standard InChI is InChI=1S/C20H22ClN3O2/c1-2-22-13-14-6-3-4-9-18(14)23-19(25)17-10-11-24(20(17)26)16-8-5-7-15(21)12-16/h3-9,12,17,22H,2,10-11,13H2,1H3,(H,23,25). The highest BCUT2D eigenvalue weighted by Crippen LogP contribution is 2.28. The van der Waals surface area contributed by atoms with Crippen molar-refractivity contribution in [3.63, 3.8) is 0 Å². The van der Waals surface area contributed by atoms with E-state index >= 15 is 0 Å². The van der Waals surface area contributed by atoms with Crippen molar-refractivity contribution in [2.75, 3.05) is 23.3 Å². The van der Waals surface area contributed by atoms with Crippen molar-refractivity contribution in [3.05, 3.63) is 59.1 Å². The molecule has 136 valence electrons. The number of carbonyl (C=O) groups excluding carboxylic acids is 2. The van der Waals surface area contributed by atoms with Gasteiger partial charge in [-0.05, 0) is 42.8 Å². The predicted molar refractivity (Wildman–Crippen MR) is 104 cm³/mol. The SMILES string of the molecule is CCNCc1ccccc1NC(=O)C1CCN(c2cccc(Cl)c2)C1=O. The first-order chi connectivity index (χ1) is 12.6. The fourth-order valence-electron chi connectivity index (χ4n) is 3.10. The minimum atomic E-state index is -0.679. The van der Waals surface area contributed by atoms with E-state index in [2.05, 4.69) is 10.6 Å². The average molecular weight is 372 g/mol. The van der Waals surface area contributed by atoms with Gasteiger partial charge in [0.15, 0.2) is 0 Å². The molecule has 2 aromatic carbocycles. The third-order valence-corrected chi connectivity index (χ3v) is 4.72. The maximum atomic E-state index is 12.7. The highest BCUT2D eigenvalue weighted by atomic mass is 35.5. The van der Waals surface area contributed by atoms with Crippen LogP contribution < -0.4 is 15.5 Å². The Kier molecular flexibility index (Phi) is 5.91. The summed E-state index contributed by atoms with van der Waals surface area (Å²) in [7, 11) is 0. The highest BCUT2D eigenvalue weighted by molar-refractivity contribution is 6.31. The van der Waals surface area contributed by atoms with Crippen LogP contribution in [0.2, 0.25) is 5.02 Å². The number of halogens is 1. The molecule has 1 aliphatic rings. The maximum absolute atomic E-state index is 12.7. The van der Waals surface area contributed by atoms with E-state index in [-0.39, 0.29) is 11.8 Å². The number of rotatable bonds is 6. The zero-order valence-corrected chi connectivity index (χ0v) is 15.4. The number of amides is 2. The lowest BCUT2D eigenvalue weighted by Gasteiger charge is -2.17. The predicted octanol–water partition coefficient (Wildman–Crippen LogP) is 3.44. The summed E-state index contributed by atoms with van der Waals surface area (Å²) in [6.45, 7) is 4.05. The fourth-order valence-corrected chi connectivity index (χ4v) is 3.28. The van der Waals surface area contributed by atoms with Crippen molar-refractivity contribution in [2.24, 2.45) is 5.92 Å². The summed E-state index contributed by atoms with van der Waals surface area (Å²) in [6.07, 6.45) is 0.493. The van der Waals surface area contributed by atoms with Crippen molar-refractivity contribution < 1.29 is 9.59 Å². The van der Waals surface area contributed by atoms with Crippen molar-refractivity contribution >= 4 is 34.8 Å². The normalized spacial score (nSPS) is 16.8. The van der Waals surface area contributed by atoms with E-state index in [0.29, 0.717) is 24.5 Å². The van der Waals surface area contributed by atoms with Gasteiger partial charge in [-0.3, -0.25) is 9.59 Å². The van der Waals surface area contributed by atoms with Gasteiger partial charge in [0.1, 0.15) is 5.92 Å². The summed E-state index contributed by atoms with van der Waals surface area (Å²) in [5.41, 5.74) is 2.47. The fraction of sp³-hybridized carbons (Fsp3) is 0.300. The van der Waals surface area contributed by atoms with Gasteiger partial charge in [-0.1, -0.05) is 42.8 Å². The van der Waals surface area contributed by atoms with Crippen molar-refractivity contribution in [1.29, 1.82) is 0 Å². The molecule has 1 unspecified atom stereocenters. The van der Waals surface area contributed by atoms with Crippen LogP contribution in [0.15, 0.2) is 48.5 Å². The zero-order valence-electron chi connectivity index (χ0n) is 14.7. The molecule has 0 aromatic heterocycles. The van der Waals surface area contributed by atoms with Gasteiger partial charge in [0.25, 0.3) is 0 Å². The molecule has 0 spiro atoms. The molecule has 0 aliphatic carbocycles. The molecule has 2 N–H and O–H groups in total. The molecule has 2 aromatic rings. The molecule has 6 heteroatoms. The Morgan fingerprint density at radius 1 is 1.23 bits per heavy atom. The molecular weight excluding hydrogens is 350 g/mol. The number of nitrogens with one attached hydrogen (secondary N) is 2. The van der Waals surface area contributed by atoms with Gasteiger partial charge in [-0.25, -0.2) is 0 Å². The van der Waals surface area contributed by atoms with Crippen LogP contribution in [-0.4, -0.2) is 24.9 Å². The van der Waals surface area contributed by atoms with E-state index < -0.39 is 5.92 Å². The number of anilines is 2. The van der Waals surface area contributed by atoms with E-state index in [1.807, 2.05) is 37.3 Å². The molecule has 1 fully saturated rings. The summed E-state index contributed by atoms with van der Waals surface area (Å²) >= 11 is 6.01. The van der Waals surface area contributed by atoms with E-state index in [4.69, 9.17) is 11.6 Å². The second kappa shape index (κ2) is 8.34. The van der Waals surface area contributed by atoms with Crippen molar-refractivity contribution in [2.45, 2.75) is 19.9 Å². The van der Waals surface area contributed by atoms with Crippen LogP contribution >= 0.6 is 11.6 Å². The van der Waals surface area contributed by atoms with Gasteiger partial charge in [-0.2, -0.15) is 0 Å². The summed E-state index contributed by atoms with van der Waals surface area (Å²) in [4.78, 5) is 27.0. The molecule has 0 radical (unpaired) electrons. The molecule has 1 aliphatic heterocycles. The first-order valence-electron chi connectivity index (χ1n) is 8.76. The van der Waals surface area contributed by atoms with Gasteiger partial charge in [0.05, 0.1) is 0 Å². The quantitative estimate of drug-likeness (QED) is 0.764. The minimum absolute atomic E-state index is 0.186. The van der Waals surface area contributed by atoms with Gasteiger partial charge in [0, 0.05) is 29.5 Å². The van der Waals surface area contributed by atoms with E-state index in [0.717, 1.165) is 23.5 Å². The molecule has 0 bridgehead atoms. The number of benzene rings is 2. The van der Waals surface area contributed by atoms with Crippen LogP contribution in [0.4, 0.5) is 11.4 Å². The number of nitrogens with zero attached hydrogens (tertiary/aromatic N) is 1. The average Bonchev–Trinajstić information content (AvgIpc) is 3.02. The smallest absolute Gasteiger partial charge is 0.239 e. The number of carbonyl (C=O) groups is 2. The van der Waals surface area contributed by atoms with E-state index in [9.17, 15) is 9.59 Å². The van der Waals surface area contributed by atoms with Crippen LogP contribution in [-0.2, 0) is 16.1 Å². The molecule has 5 nitrogen and oxygen atoms in total. The van der Waals surface area contributed by atoms with E-state index in [1.165, 1.54) is 0 Å². The Morgan fingerprint density at radius 3 is 2.81 bits per heavy atom. The van der Waals surface area contributed by atoms with Crippen LogP contribution in [0.5, 0.6) is 0 Å². The molecule has 1 heterocycles. The minimum Gasteiger partial charge on any atom is -0.325 e. The van der Waals surface area contributed by atoms with Gasteiger partial charge >= 0.3 is 0 Å². The monoisotopic (exact) mass is 371 g/mol. The van der Waals surface area contributed by atoms with Gasteiger partial charge < -0.3 is 15.5 Å². The van der Waals surface area contributed by atoms with Crippen LogP contribution in [0.1, 0.15) is 18.9 Å². The topological polar surface area (TPSA) is 61.4 Å². The van der Waals surface area contributed by atoms with E-state index in [1.54, 1.807) is 23.1 Å². The Morgan fingerprint density at radius 2 is 2.04 bits per heavy atom. The molecule has 0 saturated carbocycles. The molecule has 2 amide bonds. The first kappa shape index (κ1) is 18.4. The molecule has 3 rings (SSSR count). The summed E-state index contributed by atoms with van der Waals surface area (Å²) in [5, 5.41) is 6.74. The van der Waals surface area contributed by atoms with Crippen LogP contribution in [0, 0.1) is 5.92 Å². The second-order valence-electron chi connectivity index (χ2n) is 6.24. The van der Waals surface area contributed by atoms with Gasteiger partial charge in [0.2, 0.25) is 11.8 Å². The van der Waals surface area contributed by atoms with Crippen LogP contribution in [0.25, 0.3) is 0 Å². The largest absolute Gasteiger partial charge is 0.325 e. The first-order valence-corrected chi connectivity index (χ1v) is 9.14. The molecule has 26 heavy (non-hydrogen) atoms. The Labute approximate surface area is 158 Å². The Balaban J connectivity index is 1.71. The lowest BCUT2D eigenvalue weighted by Crippen LogP contribution is -2.33. The third kappa shape index (κ3) is 4.06. The summed E-state index contributed by atoms with van der Waals surface area (Å²) < 4.78 is 0. The number of para-hydroxylation sites is 1. The number of hydrogen-bond acceptors (Lipinski definition) is 3.